The molecule has 1 aromatic heterocycles. The number of hydrogen-bond donors (Lipinski definition) is 3. The third kappa shape index (κ3) is 19.4. The molecule has 2 aromatic rings. The number of aromatic nitrogens is 2. The van der Waals surface area contributed by atoms with Crippen molar-refractivity contribution in [1.29, 1.82) is 0 Å². The summed E-state index contributed by atoms with van der Waals surface area (Å²) in [5.41, 5.74) is 1.86. The number of aliphatic hydroxyl groups is 2. The van der Waals surface area contributed by atoms with E-state index in [4.69, 9.17) is 0 Å². The van der Waals surface area contributed by atoms with Crippen LogP contribution in [0.15, 0.2) is 103 Å². The molecule has 11 nitrogen and oxygen atoms in total. The number of nitrogens with zero attached hydrogens (tertiary/aromatic N) is 4. The lowest BCUT2D eigenvalue weighted by molar-refractivity contribution is -0.132. The fourth-order valence-electron chi connectivity index (χ4n) is 6.62. The van der Waals surface area contributed by atoms with E-state index in [1.165, 1.54) is 37.4 Å². The van der Waals surface area contributed by atoms with Crippen LogP contribution in [0.25, 0.3) is 17.3 Å². The zero-order valence-electron chi connectivity index (χ0n) is 37.2. The molecule has 2 amide bonds. The van der Waals surface area contributed by atoms with Crippen molar-refractivity contribution in [3.63, 3.8) is 0 Å². The van der Waals surface area contributed by atoms with Crippen LogP contribution < -0.4 is 9.62 Å². The van der Waals surface area contributed by atoms with Crippen LogP contribution in [-0.2, 0) is 19.6 Å². The molecule has 1 fully saturated rings. The molecule has 0 unspecified atom stereocenters. The number of benzene rings is 1. The number of aliphatic hydroxyl groups excluding tert-OH is 2. The van der Waals surface area contributed by atoms with Gasteiger partial charge in [0, 0.05) is 50.1 Å². The van der Waals surface area contributed by atoms with E-state index < -0.39 is 28.0 Å². The fraction of sp³-hybridized carbons (Fsp3) is 0.469. The first-order valence-corrected chi connectivity index (χ1v) is 23.7. The van der Waals surface area contributed by atoms with E-state index in [9.17, 15) is 32.6 Å². The molecule has 1 saturated heterocycles. The predicted octanol–water partition coefficient (Wildman–Crippen LogP) is 8.90. The van der Waals surface area contributed by atoms with Gasteiger partial charge >= 0.3 is 0 Å². The number of sulfonamides is 1. The average Bonchev–Trinajstić information content (AvgIpc) is 3.23. The normalized spacial score (nSPS) is 15.5. The Labute approximate surface area is 369 Å². The van der Waals surface area contributed by atoms with E-state index in [-0.39, 0.29) is 42.6 Å². The number of carbonyl (C=O) groups excluding carboxylic acids is 2. The maximum atomic E-state index is 13.8. The van der Waals surface area contributed by atoms with Crippen LogP contribution in [-0.4, -0.2) is 90.0 Å². The number of allylic oxidation sites excluding steroid dienone is 12. The summed E-state index contributed by atoms with van der Waals surface area (Å²) >= 11 is 0. The van der Waals surface area contributed by atoms with E-state index >= 15 is 0 Å². The van der Waals surface area contributed by atoms with Crippen LogP contribution in [0.2, 0.25) is 0 Å². The van der Waals surface area contributed by atoms with Gasteiger partial charge in [0.15, 0.2) is 0 Å². The fourth-order valence-corrected chi connectivity index (χ4v) is 7.00. The van der Waals surface area contributed by atoms with Gasteiger partial charge in [-0.1, -0.05) is 106 Å². The number of piperidine rings is 1. The Morgan fingerprint density at radius 2 is 1.40 bits per heavy atom. The zero-order valence-corrected chi connectivity index (χ0v) is 38.0. The van der Waals surface area contributed by atoms with Gasteiger partial charge in [-0.05, 0) is 88.0 Å². The molecule has 0 spiro atoms. The SMILES string of the molecule is CCC=CCC=CCC=CCC=CCC=CCC=CCCC(=O)N1CCC(NC(=O)C[C@H](O)C[C@H](O)C=Cc2c(-c3ccc(F)cc3)nc(N(C)S(C)(=O)=O)nc2C(C)C)CC1. The molecule has 3 rings (SSSR count). The Balaban J connectivity index is 1.38. The second kappa shape index (κ2) is 27.9. The summed E-state index contributed by atoms with van der Waals surface area (Å²) in [6.07, 6.45) is 35.5. The monoisotopic (exact) mass is 873 g/mol. The van der Waals surface area contributed by atoms with Crippen molar-refractivity contribution in [3.05, 3.63) is 120 Å². The van der Waals surface area contributed by atoms with Gasteiger partial charge in [0.25, 0.3) is 0 Å². The van der Waals surface area contributed by atoms with E-state index in [2.05, 4.69) is 89.0 Å². The van der Waals surface area contributed by atoms with Gasteiger partial charge in [0.05, 0.1) is 36.3 Å². The van der Waals surface area contributed by atoms with Gasteiger partial charge in [-0.15, -0.1) is 0 Å². The first-order valence-electron chi connectivity index (χ1n) is 21.8. The maximum Gasteiger partial charge on any atom is 0.239 e. The molecular formula is C49H68FN5O6S. The quantitative estimate of drug-likeness (QED) is 0.0837. The van der Waals surface area contributed by atoms with Gasteiger partial charge in [-0.25, -0.2) is 27.1 Å². The number of halogens is 1. The number of nitrogens with one attached hydrogen (secondary N) is 1. The molecule has 1 aromatic carbocycles. The van der Waals surface area contributed by atoms with Crippen LogP contribution in [0.3, 0.4) is 0 Å². The van der Waals surface area contributed by atoms with E-state index in [0.717, 1.165) is 49.1 Å². The molecule has 0 bridgehead atoms. The molecule has 0 saturated carbocycles. The lowest BCUT2D eigenvalue weighted by Gasteiger charge is -2.32. The molecule has 0 aliphatic carbocycles. The van der Waals surface area contributed by atoms with Gasteiger partial charge in [-0.2, -0.15) is 0 Å². The first-order chi connectivity index (χ1) is 29.7. The van der Waals surface area contributed by atoms with Crippen LogP contribution in [0.1, 0.15) is 115 Å². The minimum atomic E-state index is -3.69. The molecule has 0 radical (unpaired) electrons. The number of carbonyl (C=O) groups is 2. The molecule has 2 atom stereocenters. The Morgan fingerprint density at radius 1 is 0.871 bits per heavy atom. The predicted molar refractivity (Wildman–Crippen MR) is 250 cm³/mol. The number of hydrogen-bond acceptors (Lipinski definition) is 8. The average molecular weight is 874 g/mol. The highest BCUT2D eigenvalue weighted by atomic mass is 32.2. The Hall–Kier alpha value is -4.98. The van der Waals surface area contributed by atoms with Gasteiger partial charge in [-0.3, -0.25) is 9.59 Å². The molecule has 62 heavy (non-hydrogen) atoms. The molecule has 1 aliphatic rings. The molecular weight excluding hydrogens is 806 g/mol. The second-order valence-electron chi connectivity index (χ2n) is 15.8. The number of anilines is 1. The molecule has 2 heterocycles. The van der Waals surface area contributed by atoms with Crippen molar-refractivity contribution in [2.75, 3.05) is 30.7 Å². The lowest BCUT2D eigenvalue weighted by Crippen LogP contribution is -2.47. The van der Waals surface area contributed by atoms with Crippen molar-refractivity contribution >= 4 is 33.9 Å². The first kappa shape index (κ1) is 51.4. The van der Waals surface area contributed by atoms with Crippen LogP contribution in [0, 0.1) is 5.82 Å². The largest absolute Gasteiger partial charge is 0.392 e. The summed E-state index contributed by atoms with van der Waals surface area (Å²) in [4.78, 5) is 36.5. The summed E-state index contributed by atoms with van der Waals surface area (Å²) in [6.45, 7) is 7.00. The topological polar surface area (TPSA) is 153 Å². The highest BCUT2D eigenvalue weighted by molar-refractivity contribution is 7.92. The minimum Gasteiger partial charge on any atom is -0.392 e. The second-order valence-corrected chi connectivity index (χ2v) is 17.8. The minimum absolute atomic E-state index is 0.0521. The summed E-state index contributed by atoms with van der Waals surface area (Å²) in [7, 11) is -2.34. The molecule has 1 aliphatic heterocycles. The van der Waals surface area contributed by atoms with Crippen molar-refractivity contribution in [3.8, 4) is 11.3 Å². The summed E-state index contributed by atoms with van der Waals surface area (Å²) < 4.78 is 39.5. The van der Waals surface area contributed by atoms with Gasteiger partial charge < -0.3 is 20.4 Å². The molecule has 338 valence electrons. The van der Waals surface area contributed by atoms with Crippen molar-refractivity contribution < 1.29 is 32.6 Å². The van der Waals surface area contributed by atoms with E-state index in [1.54, 1.807) is 6.08 Å². The van der Waals surface area contributed by atoms with Crippen LogP contribution in [0.5, 0.6) is 0 Å². The van der Waals surface area contributed by atoms with Crippen molar-refractivity contribution in [1.82, 2.24) is 20.2 Å². The zero-order chi connectivity index (χ0) is 45.3. The third-order valence-electron chi connectivity index (χ3n) is 10.2. The van der Waals surface area contributed by atoms with Crippen LogP contribution in [0.4, 0.5) is 10.3 Å². The third-order valence-corrected chi connectivity index (χ3v) is 11.3. The number of likely N-dealkylation sites (tertiary alicyclic amines) is 1. The van der Waals surface area contributed by atoms with Crippen LogP contribution >= 0.6 is 0 Å². The van der Waals surface area contributed by atoms with Crippen molar-refractivity contribution in [2.45, 2.75) is 122 Å². The summed E-state index contributed by atoms with van der Waals surface area (Å²) in [5, 5.41) is 24.5. The number of rotatable bonds is 25. The highest BCUT2D eigenvalue weighted by Gasteiger charge is 2.25. The van der Waals surface area contributed by atoms with Gasteiger partial charge in [0.1, 0.15) is 5.82 Å². The highest BCUT2D eigenvalue weighted by Crippen LogP contribution is 2.32. The maximum absolute atomic E-state index is 13.8. The smallest absolute Gasteiger partial charge is 0.239 e. The van der Waals surface area contributed by atoms with E-state index in [0.29, 0.717) is 61.3 Å². The standard InChI is InChI=1S/C49H68FN5O6S/c1-6-7-8-9-10-11-12-13-14-15-16-17-18-19-20-21-22-23-24-25-46(59)55-34-32-41(33-35-55)51-45(58)37-43(57)36-42(56)30-31-44-47(38(2)3)52-49(54(4)62(5,60)61)53-48(44)39-26-28-40(50)29-27-39/h7-8,10-11,13-14,16-17,19-20,22-23,26-31,38,41-43,56-57H,6,9,12,15,18,21,24-25,32-37H2,1-5H3,(H,51,58)/t42-,43-/m1/s1. The van der Waals surface area contributed by atoms with E-state index in [1.807, 2.05) is 24.8 Å². The number of amides is 2. The van der Waals surface area contributed by atoms with Crippen molar-refractivity contribution in [2.24, 2.45) is 0 Å². The molecule has 13 heteroatoms. The molecule has 3 N–H and O–H groups in total. The Bertz CT molecular complexity index is 2020. The summed E-state index contributed by atoms with van der Waals surface area (Å²) in [5.74, 6) is -0.927. The van der Waals surface area contributed by atoms with Gasteiger partial charge in [0.2, 0.25) is 27.8 Å². The Kier molecular flexibility index (Phi) is 23.1. The summed E-state index contributed by atoms with van der Waals surface area (Å²) in [6, 6.07) is 5.48. The lowest BCUT2D eigenvalue weighted by atomic mass is 9.97. The Morgan fingerprint density at radius 3 is 1.92 bits per heavy atom.